The van der Waals surface area contributed by atoms with E-state index in [0.29, 0.717) is 0 Å². The fraction of sp³-hybridized carbons (Fsp3) is 0.269. The van der Waals surface area contributed by atoms with Crippen molar-refractivity contribution in [3.05, 3.63) is 77.9 Å². The highest BCUT2D eigenvalue weighted by Gasteiger charge is 2.22. The summed E-state index contributed by atoms with van der Waals surface area (Å²) in [5.74, 6) is 2.51. The molecule has 0 saturated carbocycles. The third kappa shape index (κ3) is 4.97. The largest absolute Gasteiger partial charge is 0.495 e. The minimum atomic E-state index is 0.722. The topological polar surface area (TPSA) is 37.0 Å². The van der Waals surface area contributed by atoms with Crippen LogP contribution in [0.5, 0.6) is 17.2 Å². The van der Waals surface area contributed by atoms with Crippen LogP contribution in [0, 0.1) is 13.8 Å². The number of thiocarbonyl (C=S) groups is 1. The molecule has 0 atom stereocenters. The molecule has 1 N–H and O–H groups in total. The standard InChI is InChI=1S/C26H29N3O2S/c1-19-17-22(25(30-3)18-20(19)2)27-26(32)29-15-13-28(14-16-29)23-11-7-8-12-24(23)31-21-9-5-4-6-10-21/h4-12,17-18H,13-16H2,1-3H3,(H,27,32). The molecular formula is C26H29N3O2S. The molecule has 1 saturated heterocycles. The Bertz CT molecular complexity index is 1080. The molecule has 1 heterocycles. The minimum Gasteiger partial charge on any atom is -0.495 e. The van der Waals surface area contributed by atoms with E-state index in [0.717, 1.165) is 59.9 Å². The number of nitrogens with zero attached hydrogens (tertiary/aromatic N) is 2. The predicted octanol–water partition coefficient (Wildman–Crippen LogP) is 5.62. The second-order valence-corrected chi connectivity index (χ2v) is 8.31. The van der Waals surface area contributed by atoms with E-state index in [1.165, 1.54) is 11.1 Å². The lowest BCUT2D eigenvalue weighted by Crippen LogP contribution is -2.50. The Morgan fingerprint density at radius 2 is 1.50 bits per heavy atom. The second-order valence-electron chi connectivity index (χ2n) is 7.92. The second kappa shape index (κ2) is 9.92. The zero-order chi connectivity index (χ0) is 22.5. The highest BCUT2D eigenvalue weighted by atomic mass is 32.1. The van der Waals surface area contributed by atoms with Gasteiger partial charge in [0.25, 0.3) is 0 Å². The Balaban J connectivity index is 1.41. The monoisotopic (exact) mass is 447 g/mol. The molecule has 1 aliphatic heterocycles. The molecule has 1 aliphatic rings. The van der Waals surface area contributed by atoms with Crippen LogP contribution in [0.25, 0.3) is 0 Å². The summed E-state index contributed by atoms with van der Waals surface area (Å²) in [5, 5.41) is 4.11. The molecule has 32 heavy (non-hydrogen) atoms. The molecule has 0 aromatic heterocycles. The zero-order valence-electron chi connectivity index (χ0n) is 18.8. The van der Waals surface area contributed by atoms with Gasteiger partial charge >= 0.3 is 0 Å². The summed E-state index contributed by atoms with van der Waals surface area (Å²) in [6.07, 6.45) is 0. The first kappa shape index (κ1) is 22.0. The number of anilines is 2. The summed E-state index contributed by atoms with van der Waals surface area (Å²) in [7, 11) is 1.69. The number of methoxy groups -OCH3 is 1. The maximum atomic E-state index is 6.16. The Morgan fingerprint density at radius 3 is 2.22 bits per heavy atom. The molecule has 0 spiro atoms. The van der Waals surface area contributed by atoms with Gasteiger partial charge in [0.15, 0.2) is 10.9 Å². The van der Waals surface area contributed by atoms with E-state index in [2.05, 4.69) is 47.2 Å². The SMILES string of the molecule is COc1cc(C)c(C)cc1NC(=S)N1CCN(c2ccccc2Oc2ccccc2)CC1. The van der Waals surface area contributed by atoms with Gasteiger partial charge in [0.2, 0.25) is 0 Å². The molecule has 4 rings (SSSR count). The van der Waals surface area contributed by atoms with Crippen LogP contribution in [-0.2, 0) is 0 Å². The van der Waals surface area contributed by atoms with Crippen LogP contribution in [0.4, 0.5) is 11.4 Å². The average Bonchev–Trinajstić information content (AvgIpc) is 2.82. The van der Waals surface area contributed by atoms with Gasteiger partial charge in [-0.15, -0.1) is 0 Å². The predicted molar refractivity (Wildman–Crippen MR) is 135 cm³/mol. The highest BCUT2D eigenvalue weighted by Crippen LogP contribution is 2.33. The third-order valence-corrected chi connectivity index (χ3v) is 6.16. The molecule has 3 aromatic carbocycles. The van der Waals surface area contributed by atoms with Crippen molar-refractivity contribution in [2.45, 2.75) is 13.8 Å². The molecule has 0 aliphatic carbocycles. The van der Waals surface area contributed by atoms with Crippen LogP contribution < -0.4 is 19.7 Å². The van der Waals surface area contributed by atoms with Crippen molar-refractivity contribution in [1.29, 1.82) is 0 Å². The third-order valence-electron chi connectivity index (χ3n) is 5.80. The van der Waals surface area contributed by atoms with Crippen molar-refractivity contribution in [2.24, 2.45) is 0 Å². The molecule has 0 bridgehead atoms. The summed E-state index contributed by atoms with van der Waals surface area (Å²) >= 11 is 5.72. The first-order chi connectivity index (χ1) is 15.5. The fourth-order valence-electron chi connectivity index (χ4n) is 3.82. The summed E-state index contributed by atoms with van der Waals surface area (Å²) in [6, 6.07) is 22.2. The van der Waals surface area contributed by atoms with Gasteiger partial charge in [0.05, 0.1) is 18.5 Å². The lowest BCUT2D eigenvalue weighted by molar-refractivity contribution is 0.387. The van der Waals surface area contributed by atoms with E-state index >= 15 is 0 Å². The normalized spacial score (nSPS) is 13.6. The Kier molecular flexibility index (Phi) is 6.81. The number of piperazine rings is 1. The first-order valence-corrected chi connectivity index (χ1v) is 11.2. The van der Waals surface area contributed by atoms with Gasteiger partial charge in [0, 0.05) is 26.2 Å². The lowest BCUT2D eigenvalue weighted by atomic mass is 10.1. The maximum absolute atomic E-state index is 6.16. The van der Waals surface area contributed by atoms with Crippen LogP contribution in [0.15, 0.2) is 66.7 Å². The van der Waals surface area contributed by atoms with Crippen molar-refractivity contribution in [2.75, 3.05) is 43.5 Å². The molecule has 6 heteroatoms. The van der Waals surface area contributed by atoms with Gasteiger partial charge in [0.1, 0.15) is 11.5 Å². The molecular weight excluding hydrogens is 418 g/mol. The number of hydrogen-bond acceptors (Lipinski definition) is 4. The Labute approximate surface area is 195 Å². The molecule has 166 valence electrons. The van der Waals surface area contributed by atoms with Crippen LogP contribution >= 0.6 is 12.2 Å². The molecule has 1 fully saturated rings. The molecule has 0 amide bonds. The van der Waals surface area contributed by atoms with Crippen molar-refractivity contribution in [3.63, 3.8) is 0 Å². The summed E-state index contributed by atoms with van der Waals surface area (Å²) in [5.41, 5.74) is 4.41. The number of hydrogen-bond donors (Lipinski definition) is 1. The Hall–Kier alpha value is -3.25. The smallest absolute Gasteiger partial charge is 0.173 e. The number of para-hydroxylation sites is 3. The van der Waals surface area contributed by atoms with E-state index in [-0.39, 0.29) is 0 Å². The van der Waals surface area contributed by atoms with Crippen molar-refractivity contribution < 1.29 is 9.47 Å². The number of ether oxygens (including phenoxy) is 2. The molecule has 0 unspecified atom stereocenters. The number of rotatable bonds is 5. The molecule has 0 radical (unpaired) electrons. The number of aryl methyl sites for hydroxylation is 2. The van der Waals surface area contributed by atoms with Gasteiger partial charge < -0.3 is 24.6 Å². The van der Waals surface area contributed by atoms with Crippen LogP contribution in [0.2, 0.25) is 0 Å². The summed E-state index contributed by atoms with van der Waals surface area (Å²) < 4.78 is 11.7. The fourth-order valence-corrected chi connectivity index (χ4v) is 4.11. The first-order valence-electron chi connectivity index (χ1n) is 10.8. The minimum absolute atomic E-state index is 0.722. The molecule has 5 nitrogen and oxygen atoms in total. The highest BCUT2D eigenvalue weighted by molar-refractivity contribution is 7.80. The van der Waals surface area contributed by atoms with E-state index < -0.39 is 0 Å². The summed E-state index contributed by atoms with van der Waals surface area (Å²) in [6.45, 7) is 7.56. The van der Waals surface area contributed by atoms with Crippen LogP contribution in [0.3, 0.4) is 0 Å². The van der Waals surface area contributed by atoms with Crippen molar-refractivity contribution >= 4 is 28.7 Å². The van der Waals surface area contributed by atoms with E-state index in [4.69, 9.17) is 21.7 Å². The van der Waals surface area contributed by atoms with Gasteiger partial charge in [-0.1, -0.05) is 30.3 Å². The summed E-state index contributed by atoms with van der Waals surface area (Å²) in [4.78, 5) is 4.56. The number of benzene rings is 3. The van der Waals surface area contributed by atoms with Gasteiger partial charge in [-0.3, -0.25) is 0 Å². The molecule has 3 aromatic rings. The number of nitrogens with one attached hydrogen (secondary N) is 1. The van der Waals surface area contributed by atoms with Gasteiger partial charge in [-0.25, -0.2) is 0 Å². The van der Waals surface area contributed by atoms with E-state index in [1.54, 1.807) is 7.11 Å². The van der Waals surface area contributed by atoms with Gasteiger partial charge in [-0.2, -0.15) is 0 Å². The van der Waals surface area contributed by atoms with E-state index in [9.17, 15) is 0 Å². The van der Waals surface area contributed by atoms with Crippen molar-refractivity contribution in [3.8, 4) is 17.2 Å². The zero-order valence-corrected chi connectivity index (χ0v) is 19.6. The lowest BCUT2D eigenvalue weighted by Gasteiger charge is -2.38. The Morgan fingerprint density at radius 1 is 0.844 bits per heavy atom. The maximum Gasteiger partial charge on any atom is 0.173 e. The van der Waals surface area contributed by atoms with E-state index in [1.807, 2.05) is 48.5 Å². The van der Waals surface area contributed by atoms with Crippen LogP contribution in [-0.4, -0.2) is 43.3 Å². The van der Waals surface area contributed by atoms with Crippen LogP contribution in [0.1, 0.15) is 11.1 Å². The average molecular weight is 448 g/mol. The van der Waals surface area contributed by atoms with Gasteiger partial charge in [-0.05, 0) is 73.6 Å². The quantitative estimate of drug-likeness (QED) is 0.512. The van der Waals surface area contributed by atoms with Crippen molar-refractivity contribution in [1.82, 2.24) is 4.90 Å².